The number of hydrogen-bond acceptors (Lipinski definition) is 7. The van der Waals surface area contributed by atoms with Crippen LogP contribution in [0.5, 0.6) is 0 Å². The molecule has 8 nitrogen and oxygen atoms in total. The Hall–Kier alpha value is -2.36. The third kappa shape index (κ3) is 6.21. The number of nitrogens with zero attached hydrogens (tertiary/aromatic N) is 4. The van der Waals surface area contributed by atoms with Gasteiger partial charge in [-0.3, -0.25) is 19.5 Å². The number of thiazole rings is 1. The van der Waals surface area contributed by atoms with Crippen LogP contribution < -0.4 is 5.32 Å². The number of carbonyl (C=O) groups is 2. The fourth-order valence-corrected chi connectivity index (χ4v) is 6.52. The number of aryl methyl sites for hydroxylation is 2. The van der Waals surface area contributed by atoms with Crippen molar-refractivity contribution in [3.8, 4) is 10.6 Å². The number of unbranched alkanes of at least 4 members (excludes halogenated alkanes) is 3. The maximum Gasteiger partial charge on any atom is 0.256 e. The van der Waals surface area contributed by atoms with Gasteiger partial charge in [-0.25, -0.2) is 4.98 Å². The monoisotopic (exact) mass is 525 g/mol. The van der Waals surface area contributed by atoms with Crippen LogP contribution in [-0.2, 0) is 22.5 Å². The number of rotatable bonds is 11. The van der Waals surface area contributed by atoms with E-state index in [0.29, 0.717) is 17.6 Å². The molecule has 9 heteroatoms. The molecular formula is C28H39N5O3S. The number of fused-ring (bicyclic) bond motifs is 1. The number of morpholine rings is 1. The zero-order valence-corrected chi connectivity index (χ0v) is 23.2. The number of aromatic nitrogens is 2. The van der Waals surface area contributed by atoms with Crippen molar-refractivity contribution in [2.45, 2.75) is 78.3 Å². The van der Waals surface area contributed by atoms with Crippen LogP contribution in [0.3, 0.4) is 0 Å². The average Bonchev–Trinajstić information content (AvgIpc) is 3.59. The Kier molecular flexibility index (Phi) is 8.21. The molecule has 200 valence electrons. The number of hydrogen-bond donors (Lipinski definition) is 1. The topological polar surface area (TPSA) is 87.7 Å². The summed E-state index contributed by atoms with van der Waals surface area (Å²) in [6.07, 6.45) is 7.78. The predicted molar refractivity (Wildman–Crippen MR) is 146 cm³/mol. The van der Waals surface area contributed by atoms with E-state index in [1.165, 1.54) is 43.9 Å². The van der Waals surface area contributed by atoms with Crippen molar-refractivity contribution in [2.75, 3.05) is 38.2 Å². The second-order valence-corrected chi connectivity index (χ2v) is 11.7. The number of carbonyl (C=O) groups excluding carboxylic acids is 2. The van der Waals surface area contributed by atoms with Crippen LogP contribution in [0.4, 0.5) is 5.13 Å². The lowest BCUT2D eigenvalue weighted by Crippen LogP contribution is -2.36. The summed E-state index contributed by atoms with van der Waals surface area (Å²) in [6.45, 7) is 11.2. The molecule has 1 N–H and O–H groups in total. The molecule has 2 aromatic heterocycles. The Bertz CT molecular complexity index is 1140. The largest absolute Gasteiger partial charge is 0.379 e. The van der Waals surface area contributed by atoms with Gasteiger partial charge in [-0.1, -0.05) is 24.2 Å². The van der Waals surface area contributed by atoms with Crippen molar-refractivity contribution >= 4 is 28.3 Å². The first-order valence-corrected chi connectivity index (χ1v) is 14.6. The highest BCUT2D eigenvalue weighted by Crippen LogP contribution is 2.40. The van der Waals surface area contributed by atoms with Gasteiger partial charge >= 0.3 is 0 Å². The van der Waals surface area contributed by atoms with Crippen LogP contribution in [0.2, 0.25) is 0 Å². The van der Waals surface area contributed by atoms with Crippen molar-refractivity contribution < 1.29 is 14.3 Å². The first-order valence-electron chi connectivity index (χ1n) is 13.8. The second-order valence-electron chi connectivity index (χ2n) is 10.7. The Morgan fingerprint density at radius 1 is 1.19 bits per heavy atom. The lowest BCUT2D eigenvalue weighted by atomic mass is 10.0. The van der Waals surface area contributed by atoms with Crippen molar-refractivity contribution in [2.24, 2.45) is 5.92 Å². The predicted octanol–water partition coefficient (Wildman–Crippen LogP) is 4.66. The van der Waals surface area contributed by atoms with Crippen molar-refractivity contribution in [3.05, 3.63) is 28.6 Å². The number of ether oxygens (including phenoxy) is 1. The zero-order valence-electron chi connectivity index (χ0n) is 22.3. The van der Waals surface area contributed by atoms with Gasteiger partial charge in [0.25, 0.3) is 5.91 Å². The molecule has 1 saturated carbocycles. The van der Waals surface area contributed by atoms with Crippen LogP contribution in [0.15, 0.2) is 6.07 Å². The number of amides is 2. The standard InChI is InChI=1S/C28H39N5O3S/c1-18-26(37-28(29-18)30-20(3)34)24-16-22-17-33(19(2)21-9-10-21)27(35)25(22)23(31-24)8-6-4-5-7-11-32-12-14-36-15-13-32/h16,19,21H,4-15,17H2,1-3H3,(H,29,30,34). The molecule has 2 fully saturated rings. The molecule has 4 heterocycles. The summed E-state index contributed by atoms with van der Waals surface area (Å²) in [5.74, 6) is 0.645. The molecule has 1 saturated heterocycles. The quantitative estimate of drug-likeness (QED) is 0.429. The molecule has 0 radical (unpaired) electrons. The summed E-state index contributed by atoms with van der Waals surface area (Å²) >= 11 is 1.45. The molecule has 1 aliphatic carbocycles. The van der Waals surface area contributed by atoms with E-state index in [1.54, 1.807) is 0 Å². The maximum atomic E-state index is 13.6. The van der Waals surface area contributed by atoms with Gasteiger partial charge in [-0.05, 0) is 70.0 Å². The summed E-state index contributed by atoms with van der Waals surface area (Å²) in [7, 11) is 0. The molecule has 1 unspecified atom stereocenters. The van der Waals surface area contributed by atoms with Crippen molar-refractivity contribution in [1.82, 2.24) is 19.8 Å². The van der Waals surface area contributed by atoms with E-state index in [2.05, 4.69) is 33.1 Å². The molecule has 2 amide bonds. The minimum atomic E-state index is -0.133. The lowest BCUT2D eigenvalue weighted by Gasteiger charge is -2.26. The SMILES string of the molecule is CC(=O)Nc1nc(C)c(-c2cc3c(c(CCCCCCN4CCOCC4)n2)C(=O)N(C(C)C2CC2)C3)s1. The average molecular weight is 526 g/mol. The van der Waals surface area contributed by atoms with Gasteiger partial charge < -0.3 is 15.0 Å². The molecule has 2 aliphatic heterocycles. The molecule has 37 heavy (non-hydrogen) atoms. The van der Waals surface area contributed by atoms with Crippen LogP contribution in [0, 0.1) is 12.8 Å². The van der Waals surface area contributed by atoms with Crippen molar-refractivity contribution in [1.29, 1.82) is 0 Å². The maximum absolute atomic E-state index is 13.6. The van der Waals surface area contributed by atoms with Gasteiger partial charge in [0.2, 0.25) is 5.91 Å². The first-order chi connectivity index (χ1) is 17.9. The Balaban J connectivity index is 1.31. The van der Waals surface area contributed by atoms with Crippen LogP contribution in [0.25, 0.3) is 10.6 Å². The molecule has 0 spiro atoms. The summed E-state index contributed by atoms with van der Waals surface area (Å²) in [4.78, 5) is 40.2. The van der Waals surface area contributed by atoms with Crippen LogP contribution in [-0.4, -0.2) is 70.5 Å². The lowest BCUT2D eigenvalue weighted by molar-refractivity contribution is -0.114. The van der Waals surface area contributed by atoms with Gasteiger partial charge in [-0.15, -0.1) is 0 Å². The fraction of sp³-hybridized carbons (Fsp3) is 0.643. The molecule has 1 atom stereocenters. The van der Waals surface area contributed by atoms with E-state index in [4.69, 9.17) is 9.72 Å². The highest BCUT2D eigenvalue weighted by Gasteiger charge is 2.40. The Labute approximate surface area is 223 Å². The minimum absolute atomic E-state index is 0.133. The van der Waals surface area contributed by atoms with Gasteiger partial charge in [0.15, 0.2) is 5.13 Å². The summed E-state index contributed by atoms with van der Waals surface area (Å²) in [5, 5.41) is 3.38. The highest BCUT2D eigenvalue weighted by molar-refractivity contribution is 7.19. The fourth-order valence-electron chi connectivity index (χ4n) is 5.54. The highest BCUT2D eigenvalue weighted by atomic mass is 32.1. The Morgan fingerprint density at radius 3 is 2.68 bits per heavy atom. The summed E-state index contributed by atoms with van der Waals surface area (Å²) < 4.78 is 5.44. The third-order valence-corrected chi connectivity index (χ3v) is 8.94. The molecule has 0 aromatic carbocycles. The van der Waals surface area contributed by atoms with E-state index < -0.39 is 0 Å². The summed E-state index contributed by atoms with van der Waals surface area (Å²) in [6, 6.07) is 2.35. The zero-order chi connectivity index (χ0) is 25.9. The van der Waals surface area contributed by atoms with E-state index in [0.717, 1.165) is 85.2 Å². The number of pyridine rings is 1. The van der Waals surface area contributed by atoms with Gasteiger partial charge in [0, 0.05) is 32.6 Å². The summed E-state index contributed by atoms with van der Waals surface area (Å²) in [5.41, 5.74) is 4.54. The normalized spacial score (nSPS) is 18.8. The second kappa shape index (κ2) is 11.6. The first kappa shape index (κ1) is 26.3. The number of anilines is 1. The van der Waals surface area contributed by atoms with Gasteiger partial charge in [0.1, 0.15) is 0 Å². The third-order valence-electron chi connectivity index (χ3n) is 7.84. The molecule has 2 aromatic rings. The van der Waals surface area contributed by atoms with Crippen molar-refractivity contribution in [3.63, 3.8) is 0 Å². The van der Waals surface area contributed by atoms with E-state index >= 15 is 0 Å². The molecular weight excluding hydrogens is 486 g/mol. The van der Waals surface area contributed by atoms with Gasteiger partial charge in [-0.2, -0.15) is 0 Å². The van der Waals surface area contributed by atoms with Gasteiger partial charge in [0.05, 0.1) is 40.7 Å². The molecule has 0 bridgehead atoms. The molecule has 5 rings (SSSR count). The van der Waals surface area contributed by atoms with Crippen LogP contribution >= 0.6 is 11.3 Å². The van der Waals surface area contributed by atoms with E-state index in [-0.39, 0.29) is 17.9 Å². The number of nitrogens with one attached hydrogen (secondary N) is 1. The minimum Gasteiger partial charge on any atom is -0.379 e. The Morgan fingerprint density at radius 2 is 1.95 bits per heavy atom. The smallest absolute Gasteiger partial charge is 0.256 e. The molecule has 3 aliphatic rings. The van der Waals surface area contributed by atoms with Crippen LogP contribution in [0.1, 0.15) is 79.7 Å². The van der Waals surface area contributed by atoms with E-state index in [9.17, 15) is 9.59 Å². The van der Waals surface area contributed by atoms with E-state index in [1.807, 2.05) is 6.92 Å².